The topological polar surface area (TPSA) is 60.7 Å². The first kappa shape index (κ1) is 12.5. The molecule has 0 saturated heterocycles. The molecule has 0 bridgehead atoms. The summed E-state index contributed by atoms with van der Waals surface area (Å²) in [4.78, 5) is 17.9. The quantitative estimate of drug-likeness (QED) is 0.695. The van der Waals surface area contributed by atoms with Gasteiger partial charge in [0.25, 0.3) is 0 Å². The third-order valence-electron chi connectivity index (χ3n) is 3.04. The molecule has 1 atom stereocenters. The number of thiophene rings is 1. The molecule has 1 aromatic carbocycles. The van der Waals surface area contributed by atoms with Crippen LogP contribution in [-0.2, 0) is 0 Å². The summed E-state index contributed by atoms with van der Waals surface area (Å²) in [5.41, 5.74) is 2.52. The molecule has 0 aliphatic rings. The highest BCUT2D eigenvalue weighted by Gasteiger charge is 2.15. The average Bonchev–Trinajstić information content (AvgIpc) is 2.95. The number of aromatic nitrogens is 2. The second-order valence-corrected chi connectivity index (χ2v) is 5.99. The predicted octanol–water partition coefficient (Wildman–Crippen LogP) is 2.88. The normalized spacial score (nSPS) is 12.9. The number of hydrogen-bond acceptors (Lipinski definition) is 3. The first-order valence-corrected chi connectivity index (χ1v) is 7.01. The van der Waals surface area contributed by atoms with E-state index in [0.29, 0.717) is 0 Å². The lowest BCUT2D eigenvalue weighted by Gasteiger charge is -2.14. The molecule has 4 nitrogen and oxygen atoms in total. The second-order valence-electron chi connectivity index (χ2n) is 4.25. The smallest absolute Gasteiger partial charge is 0.309 e. The average molecular weight is 294 g/mol. The Kier molecular flexibility index (Phi) is 3.18. The van der Waals surface area contributed by atoms with Gasteiger partial charge in [0.1, 0.15) is 0 Å². The lowest BCUT2D eigenvalue weighted by molar-refractivity contribution is 0.704. The lowest BCUT2D eigenvalue weighted by atomic mass is 10.0. The summed E-state index contributed by atoms with van der Waals surface area (Å²) in [5.74, 6) is 0. The molecule has 2 aromatic heterocycles. The molecule has 2 heterocycles. The van der Waals surface area contributed by atoms with Crippen molar-refractivity contribution in [3.05, 3.63) is 55.6 Å². The first-order chi connectivity index (χ1) is 9.17. The third kappa shape index (κ3) is 2.32. The van der Waals surface area contributed by atoms with E-state index in [1.807, 2.05) is 37.4 Å². The zero-order valence-electron chi connectivity index (χ0n) is 10.2. The van der Waals surface area contributed by atoms with E-state index in [4.69, 9.17) is 11.6 Å². The van der Waals surface area contributed by atoms with E-state index in [1.165, 1.54) is 0 Å². The molecule has 0 spiro atoms. The number of nitrogens with one attached hydrogen (secondary N) is 3. The molecule has 19 heavy (non-hydrogen) atoms. The minimum atomic E-state index is -0.188. The highest BCUT2D eigenvalue weighted by Crippen LogP contribution is 2.31. The fourth-order valence-electron chi connectivity index (χ4n) is 2.19. The van der Waals surface area contributed by atoms with Crippen LogP contribution in [-0.4, -0.2) is 17.0 Å². The highest BCUT2D eigenvalue weighted by molar-refractivity contribution is 7.16. The molecule has 98 valence electrons. The summed E-state index contributed by atoms with van der Waals surface area (Å²) in [6.07, 6.45) is 0. The molecule has 3 aromatic rings. The van der Waals surface area contributed by atoms with Crippen LogP contribution < -0.4 is 11.0 Å². The summed E-state index contributed by atoms with van der Waals surface area (Å²) < 4.78 is 0.770. The van der Waals surface area contributed by atoms with E-state index in [1.54, 1.807) is 11.3 Å². The molecular weight excluding hydrogens is 282 g/mol. The summed E-state index contributed by atoms with van der Waals surface area (Å²) in [7, 11) is 1.91. The van der Waals surface area contributed by atoms with Crippen LogP contribution in [0.5, 0.6) is 0 Å². The predicted molar refractivity (Wildman–Crippen MR) is 79.2 cm³/mol. The standard InChI is InChI=1S/C13H12ClN3OS/c1-15-12(10-4-5-11(14)19-10)7-2-3-8-9(6-7)17-13(18)16-8/h2-6,12,15H,1H3,(H2,16,17,18). The largest absolute Gasteiger partial charge is 0.323 e. The molecule has 3 N–H and O–H groups in total. The Morgan fingerprint density at radius 2 is 2.00 bits per heavy atom. The monoisotopic (exact) mass is 293 g/mol. The molecule has 0 aliphatic carbocycles. The molecule has 0 aliphatic heterocycles. The van der Waals surface area contributed by atoms with Gasteiger partial charge in [-0.2, -0.15) is 0 Å². The SMILES string of the molecule is CNC(c1ccc2[nH]c(=O)[nH]c2c1)c1ccc(Cl)s1. The van der Waals surface area contributed by atoms with Crippen LogP contribution in [0.1, 0.15) is 16.5 Å². The van der Waals surface area contributed by atoms with Crippen LogP contribution in [0.3, 0.4) is 0 Å². The van der Waals surface area contributed by atoms with Crippen molar-refractivity contribution in [2.45, 2.75) is 6.04 Å². The molecule has 0 radical (unpaired) electrons. The Morgan fingerprint density at radius 1 is 1.21 bits per heavy atom. The van der Waals surface area contributed by atoms with Crippen molar-refractivity contribution in [3.63, 3.8) is 0 Å². The van der Waals surface area contributed by atoms with E-state index in [-0.39, 0.29) is 11.7 Å². The fraction of sp³-hybridized carbons (Fsp3) is 0.154. The number of hydrogen-bond donors (Lipinski definition) is 3. The number of imidazole rings is 1. The number of benzene rings is 1. The van der Waals surface area contributed by atoms with Crippen molar-refractivity contribution >= 4 is 34.0 Å². The minimum Gasteiger partial charge on any atom is -0.309 e. The molecule has 3 rings (SSSR count). The number of H-pyrrole nitrogens is 2. The number of fused-ring (bicyclic) bond motifs is 1. The summed E-state index contributed by atoms with van der Waals surface area (Å²) in [6.45, 7) is 0. The first-order valence-electron chi connectivity index (χ1n) is 5.82. The van der Waals surface area contributed by atoms with Crippen LogP contribution in [0.25, 0.3) is 11.0 Å². The second kappa shape index (κ2) is 4.85. The maximum atomic E-state index is 11.3. The molecule has 6 heteroatoms. The lowest BCUT2D eigenvalue weighted by Crippen LogP contribution is -2.16. The zero-order chi connectivity index (χ0) is 13.4. The summed E-state index contributed by atoms with van der Waals surface area (Å²) in [6, 6.07) is 9.85. The van der Waals surface area contributed by atoms with Crippen LogP contribution in [0, 0.1) is 0 Å². The van der Waals surface area contributed by atoms with Gasteiger partial charge in [0.05, 0.1) is 21.4 Å². The maximum absolute atomic E-state index is 11.3. The van der Waals surface area contributed by atoms with Crippen molar-refractivity contribution in [2.24, 2.45) is 0 Å². The number of halogens is 1. The fourth-order valence-corrected chi connectivity index (χ4v) is 3.39. The van der Waals surface area contributed by atoms with Gasteiger partial charge in [0, 0.05) is 4.88 Å². The van der Waals surface area contributed by atoms with Crippen molar-refractivity contribution in [2.75, 3.05) is 7.05 Å². The Balaban J connectivity index is 2.07. The summed E-state index contributed by atoms with van der Waals surface area (Å²) >= 11 is 7.53. The molecule has 1 unspecified atom stereocenters. The van der Waals surface area contributed by atoms with Crippen molar-refractivity contribution in [3.8, 4) is 0 Å². The molecule has 0 saturated carbocycles. The molecule has 0 fully saturated rings. The Morgan fingerprint density at radius 3 is 2.68 bits per heavy atom. The van der Waals surface area contributed by atoms with Gasteiger partial charge in [-0.15, -0.1) is 11.3 Å². The molecular formula is C13H12ClN3OS. The van der Waals surface area contributed by atoms with E-state index in [0.717, 1.165) is 25.8 Å². The Bertz CT molecular complexity index is 773. The summed E-state index contributed by atoms with van der Waals surface area (Å²) in [5, 5.41) is 3.27. The van der Waals surface area contributed by atoms with Gasteiger partial charge >= 0.3 is 5.69 Å². The van der Waals surface area contributed by atoms with Crippen LogP contribution >= 0.6 is 22.9 Å². The van der Waals surface area contributed by atoms with Crippen LogP contribution in [0.4, 0.5) is 0 Å². The van der Waals surface area contributed by atoms with Gasteiger partial charge < -0.3 is 15.3 Å². The van der Waals surface area contributed by atoms with Gasteiger partial charge in [-0.05, 0) is 36.9 Å². The van der Waals surface area contributed by atoms with E-state index in [9.17, 15) is 4.79 Å². The van der Waals surface area contributed by atoms with Crippen molar-refractivity contribution < 1.29 is 0 Å². The van der Waals surface area contributed by atoms with Crippen LogP contribution in [0.15, 0.2) is 35.1 Å². The van der Waals surface area contributed by atoms with Crippen LogP contribution in [0.2, 0.25) is 4.34 Å². The van der Waals surface area contributed by atoms with Gasteiger partial charge in [0.15, 0.2) is 0 Å². The van der Waals surface area contributed by atoms with Gasteiger partial charge in [0.2, 0.25) is 0 Å². The minimum absolute atomic E-state index is 0.0697. The third-order valence-corrected chi connectivity index (χ3v) is 4.34. The van der Waals surface area contributed by atoms with E-state index < -0.39 is 0 Å². The maximum Gasteiger partial charge on any atom is 0.323 e. The van der Waals surface area contributed by atoms with Gasteiger partial charge in [-0.1, -0.05) is 17.7 Å². The Hall–Kier alpha value is -1.56. The van der Waals surface area contributed by atoms with Crippen molar-refractivity contribution in [1.29, 1.82) is 0 Å². The Labute approximate surface area is 118 Å². The van der Waals surface area contributed by atoms with E-state index in [2.05, 4.69) is 15.3 Å². The number of aromatic amines is 2. The number of rotatable bonds is 3. The highest BCUT2D eigenvalue weighted by atomic mass is 35.5. The van der Waals surface area contributed by atoms with E-state index >= 15 is 0 Å². The zero-order valence-corrected chi connectivity index (χ0v) is 11.7. The van der Waals surface area contributed by atoms with Crippen molar-refractivity contribution in [1.82, 2.24) is 15.3 Å². The van der Waals surface area contributed by atoms with Gasteiger partial charge in [-0.25, -0.2) is 4.79 Å². The molecule has 0 amide bonds. The van der Waals surface area contributed by atoms with Gasteiger partial charge in [-0.3, -0.25) is 0 Å².